The van der Waals surface area contributed by atoms with Crippen molar-refractivity contribution < 1.29 is 8.78 Å². The molecule has 0 bridgehead atoms. The number of aromatic nitrogens is 3. The van der Waals surface area contributed by atoms with Gasteiger partial charge < -0.3 is 9.88 Å². The van der Waals surface area contributed by atoms with E-state index in [1.54, 1.807) is 41.4 Å². The molecule has 6 rings (SSSR count). The van der Waals surface area contributed by atoms with Crippen LogP contribution in [0.15, 0.2) is 70.5 Å². The number of rotatable bonds is 3. The highest BCUT2D eigenvalue weighted by Gasteiger charge is 2.38. The normalized spacial score (nSPS) is 15.3. The largest absolute Gasteiger partial charge is 0.365 e. The lowest BCUT2D eigenvalue weighted by molar-refractivity contribution is 0.0257. The maximum absolute atomic E-state index is 13.8. The van der Waals surface area contributed by atoms with Crippen LogP contribution in [0.5, 0.6) is 0 Å². The zero-order valence-electron chi connectivity index (χ0n) is 18.1. The van der Waals surface area contributed by atoms with E-state index in [-0.39, 0.29) is 25.2 Å². The van der Waals surface area contributed by atoms with Crippen molar-refractivity contribution in [2.75, 3.05) is 18.0 Å². The molecule has 4 heterocycles. The van der Waals surface area contributed by atoms with Gasteiger partial charge in [0.1, 0.15) is 4.70 Å². The molecule has 5 aromatic rings. The highest BCUT2D eigenvalue weighted by atomic mass is 35.5. The number of alkyl halides is 2. The fourth-order valence-corrected chi connectivity index (χ4v) is 5.86. The van der Waals surface area contributed by atoms with Crippen molar-refractivity contribution in [2.24, 2.45) is 0 Å². The summed E-state index contributed by atoms with van der Waals surface area (Å²) < 4.78 is 29.0. The standard InChI is InChI=1S/C25H17ClF2N4O2S/c26-18-4-2-1-3-16(18)21-10-19-22(35-21)23(33)32(24(34)30-19)20-12-29-11-14-5-6-15(9-17(14)20)31-8-7-25(27,28)13-31/h1-6,9-12H,7-8,13H2,(H,30,34). The maximum atomic E-state index is 13.8. The van der Waals surface area contributed by atoms with Gasteiger partial charge in [-0.2, -0.15) is 0 Å². The van der Waals surface area contributed by atoms with Crippen molar-refractivity contribution in [1.29, 1.82) is 0 Å². The van der Waals surface area contributed by atoms with Crippen LogP contribution in [0.4, 0.5) is 14.5 Å². The molecule has 35 heavy (non-hydrogen) atoms. The van der Waals surface area contributed by atoms with Crippen molar-refractivity contribution in [1.82, 2.24) is 14.5 Å². The first kappa shape index (κ1) is 21.9. The van der Waals surface area contributed by atoms with Crippen LogP contribution < -0.4 is 16.1 Å². The summed E-state index contributed by atoms with van der Waals surface area (Å²) in [5, 5.41) is 1.80. The molecule has 0 atom stereocenters. The van der Waals surface area contributed by atoms with Crippen molar-refractivity contribution in [3.8, 4) is 16.1 Å². The highest BCUT2D eigenvalue weighted by molar-refractivity contribution is 7.22. The van der Waals surface area contributed by atoms with E-state index in [0.29, 0.717) is 31.7 Å². The second kappa shape index (κ2) is 8.00. The van der Waals surface area contributed by atoms with Gasteiger partial charge in [0.2, 0.25) is 0 Å². The number of pyridine rings is 1. The molecule has 0 amide bonds. The number of fused-ring (bicyclic) bond motifs is 2. The summed E-state index contributed by atoms with van der Waals surface area (Å²) >= 11 is 7.57. The lowest BCUT2D eigenvalue weighted by Gasteiger charge is -2.19. The number of hydrogen-bond acceptors (Lipinski definition) is 5. The lowest BCUT2D eigenvalue weighted by Crippen LogP contribution is -2.33. The molecule has 0 spiro atoms. The van der Waals surface area contributed by atoms with Crippen molar-refractivity contribution in [3.05, 3.63) is 86.8 Å². The van der Waals surface area contributed by atoms with Crippen LogP contribution in [-0.2, 0) is 0 Å². The molecular formula is C25H17ClF2N4O2S. The van der Waals surface area contributed by atoms with Gasteiger partial charge in [-0.05, 0) is 24.3 Å². The van der Waals surface area contributed by atoms with Crippen LogP contribution in [0.25, 0.3) is 37.1 Å². The first-order valence-corrected chi connectivity index (χ1v) is 12.0. The number of H-pyrrole nitrogens is 1. The van der Waals surface area contributed by atoms with Gasteiger partial charge >= 0.3 is 5.69 Å². The minimum atomic E-state index is -2.74. The monoisotopic (exact) mass is 510 g/mol. The number of hydrogen-bond donors (Lipinski definition) is 1. The van der Waals surface area contributed by atoms with E-state index in [1.165, 1.54) is 17.5 Å². The first-order chi connectivity index (χ1) is 16.8. The van der Waals surface area contributed by atoms with Crippen LogP contribution >= 0.6 is 22.9 Å². The van der Waals surface area contributed by atoms with Crippen molar-refractivity contribution in [3.63, 3.8) is 0 Å². The predicted octanol–water partition coefficient (Wildman–Crippen LogP) is 5.45. The minimum absolute atomic E-state index is 0.212. The maximum Gasteiger partial charge on any atom is 0.333 e. The highest BCUT2D eigenvalue weighted by Crippen LogP contribution is 2.36. The van der Waals surface area contributed by atoms with Gasteiger partial charge in [-0.3, -0.25) is 9.78 Å². The van der Waals surface area contributed by atoms with Crippen LogP contribution in [0.1, 0.15) is 6.42 Å². The number of halogens is 3. The number of anilines is 1. The average molecular weight is 511 g/mol. The molecule has 0 radical (unpaired) electrons. The van der Waals surface area contributed by atoms with E-state index in [2.05, 4.69) is 9.97 Å². The molecule has 0 unspecified atom stereocenters. The average Bonchev–Trinajstić information content (AvgIpc) is 3.42. The Bertz CT molecular complexity index is 1740. The van der Waals surface area contributed by atoms with Crippen molar-refractivity contribution in [2.45, 2.75) is 12.3 Å². The van der Waals surface area contributed by atoms with Crippen LogP contribution in [0, 0.1) is 0 Å². The summed E-state index contributed by atoms with van der Waals surface area (Å²) in [4.78, 5) is 36.0. The van der Waals surface area contributed by atoms with Gasteiger partial charge in [-0.15, -0.1) is 11.3 Å². The number of benzene rings is 2. The Morgan fingerprint density at radius 2 is 1.91 bits per heavy atom. The molecule has 0 aliphatic carbocycles. The third-order valence-electron chi connectivity index (χ3n) is 6.21. The van der Waals surface area contributed by atoms with Gasteiger partial charge in [-0.25, -0.2) is 18.1 Å². The fourth-order valence-electron chi connectivity index (χ4n) is 4.49. The number of nitrogens with zero attached hydrogens (tertiary/aromatic N) is 3. The number of aromatic amines is 1. The van der Waals surface area contributed by atoms with E-state index < -0.39 is 17.2 Å². The molecule has 1 saturated heterocycles. The molecule has 3 aromatic heterocycles. The van der Waals surface area contributed by atoms with Gasteiger partial charge in [0, 0.05) is 51.1 Å². The summed E-state index contributed by atoms with van der Waals surface area (Å²) in [5.74, 6) is -2.74. The third kappa shape index (κ3) is 3.71. The summed E-state index contributed by atoms with van der Waals surface area (Å²) in [6, 6.07) is 14.3. The molecular weight excluding hydrogens is 494 g/mol. The predicted molar refractivity (Wildman–Crippen MR) is 136 cm³/mol. The quantitative estimate of drug-likeness (QED) is 0.350. The lowest BCUT2D eigenvalue weighted by atomic mass is 10.1. The molecule has 10 heteroatoms. The Hall–Kier alpha value is -3.56. The second-order valence-corrected chi connectivity index (χ2v) is 9.95. The zero-order chi connectivity index (χ0) is 24.3. The van der Waals surface area contributed by atoms with Crippen LogP contribution in [-0.4, -0.2) is 33.5 Å². The van der Waals surface area contributed by atoms with E-state index in [0.717, 1.165) is 15.0 Å². The summed E-state index contributed by atoms with van der Waals surface area (Å²) in [6.45, 7) is -0.142. The summed E-state index contributed by atoms with van der Waals surface area (Å²) in [6.07, 6.45) is 2.84. The SMILES string of the molecule is O=c1[nH]c2cc(-c3ccccc3Cl)sc2c(=O)n1-c1cncc2ccc(N3CCC(F)(F)C3)cc12. The van der Waals surface area contributed by atoms with E-state index >= 15 is 0 Å². The topological polar surface area (TPSA) is 71.0 Å². The fraction of sp³-hybridized carbons (Fsp3) is 0.160. The molecule has 1 fully saturated rings. The van der Waals surface area contributed by atoms with Crippen LogP contribution in [0.3, 0.4) is 0 Å². The molecule has 1 aliphatic rings. The molecule has 1 N–H and O–H groups in total. The first-order valence-electron chi connectivity index (χ1n) is 10.9. The Morgan fingerprint density at radius 1 is 1.09 bits per heavy atom. The molecule has 2 aromatic carbocycles. The van der Waals surface area contributed by atoms with E-state index in [9.17, 15) is 18.4 Å². The molecule has 6 nitrogen and oxygen atoms in total. The van der Waals surface area contributed by atoms with Gasteiger partial charge in [0.25, 0.3) is 11.5 Å². The Kier molecular flexibility index (Phi) is 5.01. The molecule has 1 aliphatic heterocycles. The van der Waals surface area contributed by atoms with Gasteiger partial charge in [0.05, 0.1) is 23.9 Å². The summed E-state index contributed by atoms with van der Waals surface area (Å²) in [7, 11) is 0. The Labute approximate surface area is 206 Å². The second-order valence-electron chi connectivity index (χ2n) is 8.50. The molecule has 0 saturated carbocycles. The Balaban J connectivity index is 1.53. The third-order valence-corrected chi connectivity index (χ3v) is 7.70. The van der Waals surface area contributed by atoms with Gasteiger partial charge in [-0.1, -0.05) is 35.9 Å². The van der Waals surface area contributed by atoms with Crippen molar-refractivity contribution >= 4 is 49.6 Å². The van der Waals surface area contributed by atoms with Gasteiger partial charge in [0.15, 0.2) is 0 Å². The minimum Gasteiger partial charge on any atom is -0.365 e. The summed E-state index contributed by atoms with van der Waals surface area (Å²) in [5.41, 5.74) is 0.976. The van der Waals surface area contributed by atoms with E-state index in [1.807, 2.05) is 18.2 Å². The zero-order valence-corrected chi connectivity index (χ0v) is 19.7. The van der Waals surface area contributed by atoms with E-state index in [4.69, 9.17) is 11.6 Å². The Morgan fingerprint density at radius 3 is 2.69 bits per heavy atom. The smallest absolute Gasteiger partial charge is 0.333 e. The molecule has 176 valence electrons. The van der Waals surface area contributed by atoms with Crippen LogP contribution in [0.2, 0.25) is 5.02 Å². The number of thiophene rings is 1. The number of nitrogens with one attached hydrogen (secondary N) is 1.